The van der Waals surface area contributed by atoms with E-state index in [0.29, 0.717) is 13.0 Å². The van der Waals surface area contributed by atoms with Gasteiger partial charge in [-0.2, -0.15) is 0 Å². The van der Waals surface area contributed by atoms with Gasteiger partial charge in [0.25, 0.3) is 5.91 Å². The van der Waals surface area contributed by atoms with Crippen molar-refractivity contribution in [2.45, 2.75) is 51.9 Å². The Morgan fingerprint density at radius 3 is 2.52 bits per heavy atom. The number of nitrogens with zero attached hydrogens (tertiary/aromatic N) is 1. The van der Waals surface area contributed by atoms with Gasteiger partial charge in [0.1, 0.15) is 0 Å². The largest absolute Gasteiger partial charge is 0.355 e. The maximum absolute atomic E-state index is 13.0. The fraction of sp³-hybridized carbons (Fsp3) is 0.609. The molecule has 0 spiro atoms. The highest BCUT2D eigenvalue weighted by Gasteiger charge is 2.54. The Morgan fingerprint density at radius 2 is 1.85 bits per heavy atom. The maximum Gasteiger partial charge on any atom is 0.272 e. The van der Waals surface area contributed by atoms with E-state index in [1.807, 2.05) is 19.1 Å². The molecule has 4 saturated carbocycles. The second kappa shape index (κ2) is 6.29. The van der Waals surface area contributed by atoms with Crippen molar-refractivity contribution in [3.63, 3.8) is 0 Å². The van der Waals surface area contributed by atoms with Crippen LogP contribution in [-0.2, 0) is 9.59 Å². The van der Waals surface area contributed by atoms with E-state index in [4.69, 9.17) is 0 Å². The number of hydrogen-bond acceptors (Lipinski definition) is 2. The van der Waals surface area contributed by atoms with Gasteiger partial charge in [-0.25, -0.2) is 4.99 Å². The van der Waals surface area contributed by atoms with E-state index in [2.05, 4.69) is 22.5 Å². The van der Waals surface area contributed by atoms with Crippen LogP contribution in [0.3, 0.4) is 0 Å². The highest BCUT2D eigenvalue weighted by Crippen LogP contribution is 2.60. The Labute approximate surface area is 160 Å². The van der Waals surface area contributed by atoms with Gasteiger partial charge in [-0.05, 0) is 81.3 Å². The molecule has 6 aliphatic rings. The van der Waals surface area contributed by atoms with E-state index in [9.17, 15) is 9.59 Å². The molecule has 0 radical (unpaired) electrons. The molecule has 2 amide bonds. The SMILES string of the molecule is CC1=CC2=NC(=O)C(CCNC(=O)C34CC5CC(CC(C5)C3)C4)=CC2C=C1. The third kappa shape index (κ3) is 3.03. The predicted octanol–water partition coefficient (Wildman–Crippen LogP) is 3.75. The number of amides is 2. The molecule has 0 aromatic rings. The van der Waals surface area contributed by atoms with Crippen LogP contribution in [0.1, 0.15) is 51.9 Å². The lowest BCUT2D eigenvalue weighted by Gasteiger charge is -2.55. The first-order chi connectivity index (χ1) is 13.0. The fourth-order valence-corrected chi connectivity index (χ4v) is 6.53. The van der Waals surface area contributed by atoms with Crippen molar-refractivity contribution in [2.75, 3.05) is 6.54 Å². The molecule has 142 valence electrons. The van der Waals surface area contributed by atoms with E-state index < -0.39 is 0 Å². The van der Waals surface area contributed by atoms with Crippen molar-refractivity contribution < 1.29 is 9.59 Å². The highest BCUT2D eigenvalue weighted by molar-refractivity contribution is 6.13. The topological polar surface area (TPSA) is 58.5 Å². The van der Waals surface area contributed by atoms with Gasteiger partial charge in [0, 0.05) is 23.5 Å². The maximum atomic E-state index is 13.0. The average molecular weight is 364 g/mol. The smallest absolute Gasteiger partial charge is 0.272 e. The van der Waals surface area contributed by atoms with Crippen molar-refractivity contribution in [1.29, 1.82) is 0 Å². The number of carbonyl (C=O) groups excluding carboxylic acids is 2. The van der Waals surface area contributed by atoms with Crippen molar-refractivity contribution in [3.8, 4) is 0 Å². The van der Waals surface area contributed by atoms with Crippen LogP contribution >= 0.6 is 0 Å². The first-order valence-electron chi connectivity index (χ1n) is 10.5. The summed E-state index contributed by atoms with van der Waals surface area (Å²) in [7, 11) is 0. The van der Waals surface area contributed by atoms with Crippen LogP contribution in [0.4, 0.5) is 0 Å². The summed E-state index contributed by atoms with van der Waals surface area (Å²) in [6, 6.07) is 0. The zero-order chi connectivity index (χ0) is 18.6. The van der Waals surface area contributed by atoms with Gasteiger partial charge in [0.15, 0.2) is 0 Å². The van der Waals surface area contributed by atoms with Crippen LogP contribution in [-0.4, -0.2) is 24.1 Å². The lowest BCUT2D eigenvalue weighted by atomic mass is 9.49. The van der Waals surface area contributed by atoms with Gasteiger partial charge < -0.3 is 5.32 Å². The zero-order valence-electron chi connectivity index (χ0n) is 16.0. The summed E-state index contributed by atoms with van der Waals surface area (Å²) in [4.78, 5) is 29.6. The van der Waals surface area contributed by atoms with Gasteiger partial charge in [-0.3, -0.25) is 9.59 Å². The van der Waals surface area contributed by atoms with E-state index in [1.165, 1.54) is 19.3 Å². The number of carbonyl (C=O) groups is 2. The molecule has 5 aliphatic carbocycles. The normalized spacial score (nSPS) is 38.9. The Morgan fingerprint density at radius 1 is 1.19 bits per heavy atom. The molecule has 27 heavy (non-hydrogen) atoms. The van der Waals surface area contributed by atoms with E-state index >= 15 is 0 Å². The quantitative estimate of drug-likeness (QED) is 0.826. The number of hydrogen-bond donors (Lipinski definition) is 1. The molecule has 4 nitrogen and oxygen atoms in total. The highest BCUT2D eigenvalue weighted by atomic mass is 16.2. The van der Waals surface area contributed by atoms with Crippen molar-refractivity contribution in [2.24, 2.45) is 34.1 Å². The molecule has 6 rings (SSSR count). The second-order valence-electron chi connectivity index (χ2n) is 9.51. The molecule has 1 N–H and O–H groups in total. The number of dihydropyridines is 1. The third-order valence-corrected chi connectivity index (χ3v) is 7.37. The van der Waals surface area contributed by atoms with Crippen LogP contribution in [0.15, 0.2) is 40.4 Å². The molecular weight excluding hydrogens is 336 g/mol. The Hall–Kier alpha value is -1.97. The molecule has 4 bridgehead atoms. The van der Waals surface area contributed by atoms with Gasteiger partial charge in [0.2, 0.25) is 5.91 Å². The van der Waals surface area contributed by atoms with Gasteiger partial charge in [-0.1, -0.05) is 18.2 Å². The Bertz CT molecular complexity index is 779. The van der Waals surface area contributed by atoms with Gasteiger partial charge in [-0.15, -0.1) is 0 Å². The lowest BCUT2D eigenvalue weighted by Crippen LogP contribution is -2.53. The van der Waals surface area contributed by atoms with Crippen molar-refractivity contribution in [3.05, 3.63) is 35.5 Å². The van der Waals surface area contributed by atoms with Crippen molar-refractivity contribution in [1.82, 2.24) is 5.32 Å². The average Bonchev–Trinajstić information content (AvgIpc) is 2.61. The van der Waals surface area contributed by atoms with Crippen LogP contribution < -0.4 is 5.32 Å². The van der Waals surface area contributed by atoms with E-state index in [0.717, 1.165) is 53.9 Å². The number of aliphatic imine (C=N–C) groups is 1. The molecule has 4 heteroatoms. The molecule has 1 heterocycles. The minimum absolute atomic E-state index is 0.0975. The van der Waals surface area contributed by atoms with E-state index in [1.54, 1.807) is 0 Å². The molecule has 4 fully saturated rings. The third-order valence-electron chi connectivity index (χ3n) is 7.37. The minimum Gasteiger partial charge on any atom is -0.355 e. The summed E-state index contributed by atoms with van der Waals surface area (Å²) in [5.41, 5.74) is 2.57. The number of rotatable bonds is 4. The van der Waals surface area contributed by atoms with Crippen LogP contribution in [0.2, 0.25) is 0 Å². The van der Waals surface area contributed by atoms with Gasteiger partial charge in [0.05, 0.1) is 5.71 Å². The molecule has 1 unspecified atom stereocenters. The molecule has 0 aromatic carbocycles. The number of fused-ring (bicyclic) bond motifs is 1. The summed E-state index contributed by atoms with van der Waals surface area (Å²) in [6.45, 7) is 2.55. The summed E-state index contributed by atoms with van der Waals surface area (Å²) < 4.78 is 0. The standard InChI is InChI=1S/C23H28N2O2/c1-14-2-3-18-10-19(21(26)25-20(18)6-14)4-5-24-22(27)23-11-15-7-16(12-23)9-17(8-15)13-23/h2-3,6,10,15-18H,4-5,7-9,11-13H2,1H3,(H,24,27). The molecular formula is C23H28N2O2. The van der Waals surface area contributed by atoms with Crippen LogP contribution in [0.5, 0.6) is 0 Å². The monoisotopic (exact) mass is 364 g/mol. The van der Waals surface area contributed by atoms with E-state index in [-0.39, 0.29) is 23.1 Å². The first kappa shape index (κ1) is 17.2. The van der Waals surface area contributed by atoms with Crippen LogP contribution in [0, 0.1) is 29.1 Å². The summed E-state index contributed by atoms with van der Waals surface area (Å²) >= 11 is 0. The van der Waals surface area contributed by atoms with Crippen molar-refractivity contribution >= 4 is 17.5 Å². The van der Waals surface area contributed by atoms with Gasteiger partial charge >= 0.3 is 0 Å². The van der Waals surface area contributed by atoms with Crippen LogP contribution in [0.25, 0.3) is 0 Å². The minimum atomic E-state index is -0.148. The molecule has 0 aromatic heterocycles. The Kier molecular flexibility index (Phi) is 3.99. The first-order valence-corrected chi connectivity index (χ1v) is 10.5. The molecule has 0 saturated heterocycles. The summed E-state index contributed by atoms with van der Waals surface area (Å²) in [5, 5.41) is 3.18. The molecule has 1 aliphatic heterocycles. The second-order valence-corrected chi connectivity index (χ2v) is 9.51. The predicted molar refractivity (Wildman–Crippen MR) is 105 cm³/mol. The summed E-state index contributed by atoms with van der Waals surface area (Å²) in [5.74, 6) is 2.50. The fourth-order valence-electron chi connectivity index (χ4n) is 6.53. The zero-order valence-corrected chi connectivity index (χ0v) is 16.0. The lowest BCUT2D eigenvalue weighted by molar-refractivity contribution is -0.146. The Balaban J connectivity index is 1.20. The number of nitrogens with one attached hydrogen (secondary N) is 1. The summed E-state index contributed by atoms with van der Waals surface area (Å²) in [6.07, 6.45) is 16.0. The molecule has 1 atom stereocenters. The number of allylic oxidation sites excluding steroid dienone is 5.